The van der Waals surface area contributed by atoms with Crippen LogP contribution in [0.3, 0.4) is 0 Å². The van der Waals surface area contributed by atoms with Crippen molar-refractivity contribution in [2.75, 3.05) is 20.0 Å². The van der Waals surface area contributed by atoms with E-state index in [1.807, 2.05) is 13.8 Å². The number of carbonyl (C=O) groups is 1. The maximum absolute atomic E-state index is 11.1. The summed E-state index contributed by atoms with van der Waals surface area (Å²) in [5.41, 5.74) is 0. The van der Waals surface area contributed by atoms with E-state index in [0.717, 1.165) is 12.8 Å². The summed E-state index contributed by atoms with van der Waals surface area (Å²) in [5.74, 6) is -0.269. The van der Waals surface area contributed by atoms with Crippen molar-refractivity contribution >= 4 is 5.97 Å². The van der Waals surface area contributed by atoms with Crippen molar-refractivity contribution in [2.45, 2.75) is 72.2 Å². The lowest BCUT2D eigenvalue weighted by Crippen LogP contribution is -2.30. The number of esters is 1. The van der Waals surface area contributed by atoms with E-state index in [2.05, 4.69) is 13.8 Å². The monoisotopic (exact) mass is 290 g/mol. The van der Waals surface area contributed by atoms with Gasteiger partial charge in [0.15, 0.2) is 6.79 Å². The highest BCUT2D eigenvalue weighted by molar-refractivity contribution is 5.68. The number of rotatable bonds is 12. The molecule has 0 radical (unpaired) electrons. The Bertz CT molecular complexity index is 230. The number of carbonyl (C=O) groups excluding carboxylic acids is 1. The largest absolute Gasteiger partial charge is 0.438 e. The van der Waals surface area contributed by atoms with Gasteiger partial charge < -0.3 is 18.9 Å². The molecule has 0 amide bonds. The molecule has 0 bridgehead atoms. The second-order valence-electron chi connectivity index (χ2n) is 4.88. The summed E-state index contributed by atoms with van der Waals surface area (Å²) in [6.07, 6.45) is 2.39. The first kappa shape index (κ1) is 19.4. The van der Waals surface area contributed by atoms with Crippen LogP contribution in [0.1, 0.15) is 53.9 Å². The molecular formula is C15H30O5. The fourth-order valence-electron chi connectivity index (χ4n) is 1.22. The van der Waals surface area contributed by atoms with Crippen LogP contribution in [0.15, 0.2) is 0 Å². The van der Waals surface area contributed by atoms with Gasteiger partial charge in [0.2, 0.25) is 0 Å². The molecule has 120 valence electrons. The molecule has 0 saturated heterocycles. The zero-order chi connectivity index (χ0) is 15.4. The molecule has 0 fully saturated rings. The van der Waals surface area contributed by atoms with Crippen LogP contribution in [0.2, 0.25) is 0 Å². The second kappa shape index (κ2) is 12.1. The number of hydrogen-bond donors (Lipinski definition) is 0. The molecule has 0 aliphatic heterocycles. The van der Waals surface area contributed by atoms with Crippen LogP contribution < -0.4 is 0 Å². The van der Waals surface area contributed by atoms with Crippen LogP contribution in [-0.2, 0) is 23.7 Å². The molecule has 0 rings (SSSR count). The van der Waals surface area contributed by atoms with Gasteiger partial charge >= 0.3 is 5.97 Å². The molecule has 2 unspecified atom stereocenters. The molecule has 5 nitrogen and oxygen atoms in total. The van der Waals surface area contributed by atoms with Gasteiger partial charge in [-0.15, -0.1) is 0 Å². The molecule has 0 spiro atoms. The van der Waals surface area contributed by atoms with E-state index in [-0.39, 0.29) is 31.1 Å². The van der Waals surface area contributed by atoms with Crippen LogP contribution in [0.4, 0.5) is 0 Å². The molecule has 0 aromatic carbocycles. The van der Waals surface area contributed by atoms with E-state index < -0.39 is 0 Å². The molecule has 0 aromatic rings. The Morgan fingerprint density at radius 3 is 1.80 bits per heavy atom. The summed E-state index contributed by atoms with van der Waals surface area (Å²) in [4.78, 5) is 11.1. The number of ether oxygens (including phenoxy) is 4. The molecule has 0 aliphatic carbocycles. The van der Waals surface area contributed by atoms with Gasteiger partial charge in [-0.1, -0.05) is 20.8 Å². The second-order valence-corrected chi connectivity index (χ2v) is 4.88. The van der Waals surface area contributed by atoms with Gasteiger partial charge in [-0.2, -0.15) is 0 Å². The maximum atomic E-state index is 11.1. The van der Waals surface area contributed by atoms with Gasteiger partial charge in [0.05, 0.1) is 25.4 Å². The van der Waals surface area contributed by atoms with Gasteiger partial charge in [-0.25, -0.2) is 0 Å². The first-order chi connectivity index (χ1) is 9.53. The Hall–Kier alpha value is -0.650. The minimum Gasteiger partial charge on any atom is -0.438 e. The van der Waals surface area contributed by atoms with Crippen molar-refractivity contribution < 1.29 is 23.7 Å². The first-order valence-corrected chi connectivity index (χ1v) is 7.53. The smallest absolute Gasteiger partial charge is 0.307 e. The Balaban J connectivity index is 4.06. The van der Waals surface area contributed by atoms with Crippen molar-refractivity contribution in [1.29, 1.82) is 0 Å². The molecule has 20 heavy (non-hydrogen) atoms. The van der Waals surface area contributed by atoms with Crippen LogP contribution in [-0.4, -0.2) is 44.3 Å². The average Bonchev–Trinajstić information content (AvgIpc) is 2.47. The quantitative estimate of drug-likeness (QED) is 0.408. The molecule has 5 heteroatoms. The van der Waals surface area contributed by atoms with E-state index in [0.29, 0.717) is 19.6 Å². The summed E-state index contributed by atoms with van der Waals surface area (Å²) < 4.78 is 21.7. The lowest BCUT2D eigenvalue weighted by Gasteiger charge is -2.21. The van der Waals surface area contributed by atoms with Crippen molar-refractivity contribution in [1.82, 2.24) is 0 Å². The van der Waals surface area contributed by atoms with Crippen molar-refractivity contribution in [3.8, 4) is 0 Å². The van der Waals surface area contributed by atoms with Crippen LogP contribution >= 0.6 is 0 Å². The van der Waals surface area contributed by atoms with E-state index in [9.17, 15) is 4.79 Å². The summed E-state index contributed by atoms with van der Waals surface area (Å²) in [6.45, 7) is 10.7. The lowest BCUT2D eigenvalue weighted by atomic mass is 10.3. The predicted octanol–water partition coefficient (Wildman–Crippen LogP) is 2.91. The Kier molecular flexibility index (Phi) is 11.7. The number of hydrogen-bond acceptors (Lipinski definition) is 5. The van der Waals surface area contributed by atoms with E-state index in [1.165, 1.54) is 0 Å². The van der Waals surface area contributed by atoms with Crippen LogP contribution in [0, 0.1) is 0 Å². The summed E-state index contributed by atoms with van der Waals surface area (Å²) in [7, 11) is 0. The highest BCUT2D eigenvalue weighted by Gasteiger charge is 2.14. The standard InChI is InChI=1S/C15H30O5/c1-6-12(4)17-9-14(10-18-13(5)7-2)19-11-20-15(16)8-3/h12-14H,6-11H2,1-5H3. The molecule has 0 N–H and O–H groups in total. The Labute approximate surface area is 122 Å². The zero-order valence-corrected chi connectivity index (χ0v) is 13.5. The van der Waals surface area contributed by atoms with Gasteiger partial charge in [-0.05, 0) is 26.7 Å². The minimum absolute atomic E-state index is 0.0505. The third-order valence-electron chi connectivity index (χ3n) is 3.10. The topological polar surface area (TPSA) is 54.0 Å². The third-order valence-corrected chi connectivity index (χ3v) is 3.10. The van der Waals surface area contributed by atoms with Crippen molar-refractivity contribution in [3.05, 3.63) is 0 Å². The molecule has 0 aromatic heterocycles. The minimum atomic E-state index is -0.269. The molecule has 2 atom stereocenters. The maximum Gasteiger partial charge on any atom is 0.307 e. The predicted molar refractivity (Wildman–Crippen MR) is 77.5 cm³/mol. The van der Waals surface area contributed by atoms with Gasteiger partial charge in [0, 0.05) is 6.42 Å². The first-order valence-electron chi connectivity index (χ1n) is 7.53. The molecule has 0 saturated carbocycles. The highest BCUT2D eigenvalue weighted by Crippen LogP contribution is 2.04. The highest BCUT2D eigenvalue weighted by atomic mass is 16.7. The Morgan fingerprint density at radius 2 is 1.40 bits per heavy atom. The fraction of sp³-hybridized carbons (Fsp3) is 0.933. The molecule has 0 aliphatic rings. The van der Waals surface area contributed by atoms with Crippen molar-refractivity contribution in [3.63, 3.8) is 0 Å². The Morgan fingerprint density at radius 1 is 0.900 bits per heavy atom. The van der Waals surface area contributed by atoms with E-state index in [1.54, 1.807) is 6.92 Å². The summed E-state index contributed by atoms with van der Waals surface area (Å²) in [6, 6.07) is 0. The van der Waals surface area contributed by atoms with Crippen molar-refractivity contribution in [2.24, 2.45) is 0 Å². The zero-order valence-electron chi connectivity index (χ0n) is 13.5. The molecular weight excluding hydrogens is 260 g/mol. The summed E-state index contributed by atoms with van der Waals surface area (Å²) >= 11 is 0. The van der Waals surface area contributed by atoms with E-state index >= 15 is 0 Å². The lowest BCUT2D eigenvalue weighted by molar-refractivity contribution is -0.170. The average molecular weight is 290 g/mol. The normalized spacial score (nSPS) is 15.7. The SMILES string of the molecule is CCC(=O)OCOC(COC(C)CC)COC(C)CC. The third kappa shape index (κ3) is 10.2. The van der Waals surface area contributed by atoms with Gasteiger partial charge in [-0.3, -0.25) is 4.79 Å². The van der Waals surface area contributed by atoms with Crippen LogP contribution in [0.25, 0.3) is 0 Å². The van der Waals surface area contributed by atoms with Crippen LogP contribution in [0.5, 0.6) is 0 Å². The van der Waals surface area contributed by atoms with Gasteiger partial charge in [0.1, 0.15) is 6.10 Å². The van der Waals surface area contributed by atoms with Gasteiger partial charge in [0.25, 0.3) is 0 Å². The fourth-order valence-corrected chi connectivity index (χ4v) is 1.22. The summed E-state index contributed by atoms with van der Waals surface area (Å²) in [5, 5.41) is 0. The molecule has 0 heterocycles. The van der Waals surface area contributed by atoms with E-state index in [4.69, 9.17) is 18.9 Å².